The summed E-state index contributed by atoms with van der Waals surface area (Å²) in [6.45, 7) is 3.54. The van der Waals surface area contributed by atoms with Crippen LogP contribution in [-0.4, -0.2) is 5.24 Å². The van der Waals surface area contributed by atoms with Gasteiger partial charge in [0.2, 0.25) is 5.24 Å². The van der Waals surface area contributed by atoms with Crippen LogP contribution in [0, 0.1) is 0 Å². The third-order valence-electron chi connectivity index (χ3n) is 2.04. The lowest BCUT2D eigenvalue weighted by Crippen LogP contribution is -2.24. The minimum absolute atomic E-state index is 0.380. The topological polar surface area (TPSA) is 17.1 Å². The Morgan fingerprint density at radius 1 is 1.38 bits per heavy atom. The number of hydrogen-bond acceptors (Lipinski definition) is 1. The molecule has 0 N–H and O–H groups in total. The van der Waals surface area contributed by atoms with Crippen LogP contribution in [-0.2, 0) is 10.2 Å². The highest BCUT2D eigenvalue weighted by Gasteiger charge is 2.27. The van der Waals surface area contributed by atoms with E-state index in [1.807, 2.05) is 6.07 Å². The third kappa shape index (κ3) is 2.23. The second-order valence-electron chi connectivity index (χ2n) is 3.41. The molecule has 0 heterocycles. The Labute approximate surface area is 87.7 Å². The van der Waals surface area contributed by atoms with Crippen LogP contribution < -0.4 is 0 Å². The van der Waals surface area contributed by atoms with Crippen molar-refractivity contribution in [3.8, 4) is 0 Å². The van der Waals surface area contributed by atoms with Gasteiger partial charge in [-0.1, -0.05) is 23.7 Å². The second-order valence-corrected chi connectivity index (χ2v) is 4.19. The molecule has 1 rings (SSSR count). The summed E-state index contributed by atoms with van der Waals surface area (Å²) in [5.41, 5.74) is 0.159. The van der Waals surface area contributed by atoms with E-state index < -0.39 is 5.41 Å². The molecule has 0 aliphatic heterocycles. The minimum Gasteiger partial charge on any atom is -0.280 e. The maximum Gasteiger partial charge on any atom is 0.231 e. The van der Waals surface area contributed by atoms with Crippen molar-refractivity contribution in [3.63, 3.8) is 0 Å². The van der Waals surface area contributed by atoms with Crippen molar-refractivity contribution in [2.45, 2.75) is 19.3 Å². The summed E-state index contributed by atoms with van der Waals surface area (Å²) in [6, 6.07) is 7.16. The van der Waals surface area contributed by atoms with Crippen LogP contribution in [0.5, 0.6) is 0 Å². The highest BCUT2D eigenvalue weighted by atomic mass is 35.5. The van der Waals surface area contributed by atoms with Gasteiger partial charge < -0.3 is 0 Å². The average Bonchev–Trinajstić information content (AvgIpc) is 2.04. The van der Waals surface area contributed by atoms with E-state index in [4.69, 9.17) is 23.2 Å². The lowest BCUT2D eigenvalue weighted by atomic mass is 9.86. The van der Waals surface area contributed by atoms with E-state index in [1.165, 1.54) is 0 Å². The Balaban J connectivity index is 3.14. The zero-order chi connectivity index (χ0) is 10.1. The second kappa shape index (κ2) is 3.69. The Kier molecular flexibility index (Phi) is 2.99. The molecule has 1 aromatic carbocycles. The molecule has 0 atom stereocenters. The number of hydrogen-bond donors (Lipinski definition) is 0. The summed E-state index contributed by atoms with van der Waals surface area (Å²) in [4.78, 5) is 11.1. The molecule has 3 heteroatoms. The van der Waals surface area contributed by atoms with Crippen LogP contribution in [0.2, 0.25) is 5.02 Å². The number of carbonyl (C=O) groups is 1. The number of carbonyl (C=O) groups excluding carboxylic acids is 1. The van der Waals surface area contributed by atoms with Crippen LogP contribution in [0.4, 0.5) is 0 Å². The van der Waals surface area contributed by atoms with Gasteiger partial charge in [-0.2, -0.15) is 0 Å². The zero-order valence-electron chi connectivity index (χ0n) is 7.47. The quantitative estimate of drug-likeness (QED) is 0.694. The first-order valence-electron chi connectivity index (χ1n) is 3.90. The predicted octanol–water partition coefficient (Wildman–Crippen LogP) is 3.38. The van der Waals surface area contributed by atoms with E-state index in [2.05, 4.69) is 0 Å². The van der Waals surface area contributed by atoms with E-state index in [1.54, 1.807) is 32.0 Å². The molecule has 0 radical (unpaired) electrons. The van der Waals surface area contributed by atoms with Crippen molar-refractivity contribution < 1.29 is 4.79 Å². The molecular formula is C10H10Cl2O. The van der Waals surface area contributed by atoms with Gasteiger partial charge in [0.05, 0.1) is 5.41 Å². The van der Waals surface area contributed by atoms with Crippen molar-refractivity contribution in [2.24, 2.45) is 0 Å². The van der Waals surface area contributed by atoms with Gasteiger partial charge in [-0.05, 0) is 43.1 Å². The van der Waals surface area contributed by atoms with Crippen molar-refractivity contribution in [3.05, 3.63) is 34.9 Å². The Morgan fingerprint density at radius 2 is 2.00 bits per heavy atom. The van der Waals surface area contributed by atoms with Crippen molar-refractivity contribution in [1.82, 2.24) is 0 Å². The van der Waals surface area contributed by atoms with Gasteiger partial charge in [-0.3, -0.25) is 4.79 Å². The van der Waals surface area contributed by atoms with E-state index in [9.17, 15) is 4.79 Å². The molecule has 0 spiro atoms. The molecule has 0 fully saturated rings. The van der Waals surface area contributed by atoms with Crippen molar-refractivity contribution >= 4 is 28.4 Å². The van der Waals surface area contributed by atoms with Crippen LogP contribution in [0.15, 0.2) is 24.3 Å². The number of rotatable bonds is 2. The Bertz CT molecular complexity index is 331. The average molecular weight is 217 g/mol. The maximum atomic E-state index is 11.1. The highest BCUT2D eigenvalue weighted by Crippen LogP contribution is 2.27. The van der Waals surface area contributed by atoms with Gasteiger partial charge in [0.25, 0.3) is 0 Å². The van der Waals surface area contributed by atoms with Gasteiger partial charge in [-0.25, -0.2) is 0 Å². The zero-order valence-corrected chi connectivity index (χ0v) is 8.99. The molecule has 0 saturated heterocycles. The molecule has 70 valence electrons. The molecule has 1 aromatic rings. The summed E-state index contributed by atoms with van der Waals surface area (Å²) in [6.07, 6.45) is 0. The standard InChI is InChI=1S/C10H10Cl2O/c1-10(2,9(12)13)7-4-3-5-8(11)6-7/h3-6H,1-2H3. The molecule has 0 amide bonds. The Morgan fingerprint density at radius 3 is 2.46 bits per heavy atom. The molecule has 0 aromatic heterocycles. The van der Waals surface area contributed by atoms with Crippen LogP contribution in [0.25, 0.3) is 0 Å². The first kappa shape index (κ1) is 10.6. The fourth-order valence-electron chi connectivity index (χ4n) is 0.991. The molecule has 0 aliphatic rings. The summed E-state index contributed by atoms with van der Waals surface area (Å²) < 4.78 is 0. The molecule has 0 bridgehead atoms. The smallest absolute Gasteiger partial charge is 0.231 e. The molecule has 0 unspecified atom stereocenters. The number of halogens is 2. The van der Waals surface area contributed by atoms with Gasteiger partial charge in [0, 0.05) is 5.02 Å². The van der Waals surface area contributed by atoms with Gasteiger partial charge >= 0.3 is 0 Å². The molecular weight excluding hydrogens is 207 g/mol. The number of benzene rings is 1. The molecule has 1 nitrogen and oxygen atoms in total. The predicted molar refractivity (Wildman–Crippen MR) is 55.3 cm³/mol. The minimum atomic E-state index is -0.674. The molecule has 0 saturated carbocycles. The fourth-order valence-corrected chi connectivity index (χ4v) is 1.29. The largest absolute Gasteiger partial charge is 0.280 e. The summed E-state index contributed by atoms with van der Waals surface area (Å²) in [7, 11) is 0. The summed E-state index contributed by atoms with van der Waals surface area (Å²) in [5.74, 6) is 0. The van der Waals surface area contributed by atoms with Gasteiger partial charge in [0.1, 0.15) is 0 Å². The van der Waals surface area contributed by atoms with E-state index in [-0.39, 0.29) is 5.24 Å². The van der Waals surface area contributed by atoms with Gasteiger partial charge in [-0.15, -0.1) is 0 Å². The maximum absolute atomic E-state index is 11.1. The van der Waals surface area contributed by atoms with E-state index in [0.29, 0.717) is 5.02 Å². The van der Waals surface area contributed by atoms with Gasteiger partial charge in [0.15, 0.2) is 0 Å². The normalized spacial score (nSPS) is 11.4. The van der Waals surface area contributed by atoms with E-state index >= 15 is 0 Å². The third-order valence-corrected chi connectivity index (χ3v) is 2.75. The van der Waals surface area contributed by atoms with Crippen LogP contribution in [0.1, 0.15) is 19.4 Å². The van der Waals surface area contributed by atoms with E-state index in [0.717, 1.165) is 5.56 Å². The summed E-state index contributed by atoms with van der Waals surface area (Å²) >= 11 is 11.3. The molecule has 0 aliphatic carbocycles. The monoisotopic (exact) mass is 216 g/mol. The lowest BCUT2D eigenvalue weighted by Gasteiger charge is -2.19. The first-order chi connectivity index (χ1) is 5.94. The fraction of sp³-hybridized carbons (Fsp3) is 0.300. The summed E-state index contributed by atoms with van der Waals surface area (Å²) in [5, 5.41) is 0.234. The lowest BCUT2D eigenvalue weighted by molar-refractivity contribution is -0.115. The Hall–Kier alpha value is -0.530. The van der Waals surface area contributed by atoms with Crippen molar-refractivity contribution in [2.75, 3.05) is 0 Å². The highest BCUT2D eigenvalue weighted by molar-refractivity contribution is 6.65. The van der Waals surface area contributed by atoms with Crippen LogP contribution in [0.3, 0.4) is 0 Å². The van der Waals surface area contributed by atoms with Crippen LogP contribution >= 0.6 is 23.2 Å². The molecule has 13 heavy (non-hydrogen) atoms. The first-order valence-corrected chi connectivity index (χ1v) is 4.66. The van der Waals surface area contributed by atoms with Crippen molar-refractivity contribution in [1.29, 1.82) is 0 Å². The SMILES string of the molecule is CC(C)(C(=O)Cl)c1cccc(Cl)c1.